The zero-order valence-corrected chi connectivity index (χ0v) is 14.5. The molecule has 0 aliphatic rings. The van der Waals surface area contributed by atoms with Crippen molar-refractivity contribution < 1.29 is 36.6 Å². The van der Waals surface area contributed by atoms with E-state index in [0.717, 1.165) is 6.07 Å². The molecule has 0 bridgehead atoms. The van der Waals surface area contributed by atoms with Gasteiger partial charge in [-0.3, -0.25) is 0 Å². The molecule has 2 rings (SSSR count). The Morgan fingerprint density at radius 3 is 2.22 bits per heavy atom. The lowest BCUT2D eigenvalue weighted by molar-refractivity contribution is -0.188. The molecule has 0 radical (unpaired) electrons. The van der Waals surface area contributed by atoms with Gasteiger partial charge in [0.1, 0.15) is 11.3 Å². The predicted octanol–water partition coefficient (Wildman–Crippen LogP) is 5.42. The van der Waals surface area contributed by atoms with Crippen LogP contribution in [0.4, 0.5) is 22.0 Å². The average molecular weight is 386 g/mol. The summed E-state index contributed by atoms with van der Waals surface area (Å²) >= 11 is 0. The molecule has 2 aromatic carbocycles. The van der Waals surface area contributed by atoms with Crippen molar-refractivity contribution in [1.82, 2.24) is 0 Å². The second kappa shape index (κ2) is 7.38. The molecule has 0 saturated carbocycles. The molecule has 1 N–H and O–H groups in total. The lowest BCUT2D eigenvalue weighted by Gasteiger charge is -2.20. The van der Waals surface area contributed by atoms with E-state index in [2.05, 4.69) is 4.74 Å². The van der Waals surface area contributed by atoms with E-state index in [4.69, 9.17) is 5.11 Å². The maximum absolute atomic E-state index is 14.2. The van der Waals surface area contributed by atoms with Crippen molar-refractivity contribution in [2.45, 2.75) is 26.9 Å². The van der Waals surface area contributed by atoms with Crippen molar-refractivity contribution in [3.63, 3.8) is 0 Å². The Balaban J connectivity index is 2.39. The van der Waals surface area contributed by atoms with Crippen LogP contribution in [0.5, 0.6) is 5.75 Å². The number of halogens is 5. The molecule has 8 heteroatoms. The minimum atomic E-state index is -4.26. The van der Waals surface area contributed by atoms with Crippen LogP contribution in [-0.4, -0.2) is 11.1 Å². The Labute approximate surface area is 151 Å². The van der Waals surface area contributed by atoms with Crippen LogP contribution in [0.2, 0.25) is 0 Å². The summed E-state index contributed by atoms with van der Waals surface area (Å²) in [6.07, 6.45) is -4.26. The summed E-state index contributed by atoms with van der Waals surface area (Å²) in [6.45, 7) is 4.39. The minimum absolute atomic E-state index is 0.0808. The van der Waals surface area contributed by atoms with Gasteiger partial charge in [0.25, 0.3) is 0 Å². The first-order valence-electron chi connectivity index (χ1n) is 7.68. The maximum atomic E-state index is 14.2. The number of allylic oxidation sites excluding steroid dienone is 1. The molecule has 0 atom stereocenters. The maximum Gasteiger partial charge on any atom is 0.429 e. The van der Waals surface area contributed by atoms with Crippen LogP contribution >= 0.6 is 0 Å². The van der Waals surface area contributed by atoms with E-state index < -0.39 is 35.1 Å². The predicted molar refractivity (Wildman–Crippen MR) is 87.9 cm³/mol. The lowest BCUT2D eigenvalue weighted by Crippen LogP contribution is -2.24. The summed E-state index contributed by atoms with van der Waals surface area (Å²) in [5, 5.41) is 9.01. The van der Waals surface area contributed by atoms with Crippen molar-refractivity contribution in [2.24, 2.45) is 0 Å². The Kier molecular flexibility index (Phi) is 5.58. The zero-order chi connectivity index (χ0) is 20.5. The molecular formula is C19H15F5O3. The molecule has 0 aliphatic heterocycles. The van der Waals surface area contributed by atoms with Gasteiger partial charge in [-0.25, -0.2) is 18.0 Å². The number of benzene rings is 2. The fraction of sp³-hybridized carbons (Fsp3) is 0.211. The van der Waals surface area contributed by atoms with Crippen molar-refractivity contribution in [3.8, 4) is 5.75 Å². The highest BCUT2D eigenvalue weighted by atomic mass is 19.3. The first kappa shape index (κ1) is 20.4. The second-order valence-electron chi connectivity index (χ2n) is 5.88. The standard InChI is InChI=1S/C19H15F5O3/c1-9-8-12(10(2)11(3)18(25)26)4-7-15(9)27-19(23,24)13-5-6-14(20)17(22)16(13)21/h4-8H,1-3H3,(H,25,26)/b11-10-. The van der Waals surface area contributed by atoms with Gasteiger partial charge >= 0.3 is 12.1 Å². The highest BCUT2D eigenvalue weighted by Crippen LogP contribution is 2.36. The molecule has 0 amide bonds. The highest BCUT2D eigenvalue weighted by Gasteiger charge is 2.39. The van der Waals surface area contributed by atoms with E-state index in [1.807, 2.05) is 0 Å². The van der Waals surface area contributed by atoms with Crippen LogP contribution in [0.15, 0.2) is 35.9 Å². The van der Waals surface area contributed by atoms with Gasteiger partial charge in [-0.15, -0.1) is 0 Å². The van der Waals surface area contributed by atoms with Gasteiger partial charge in [-0.05, 0) is 61.7 Å². The smallest absolute Gasteiger partial charge is 0.429 e. The second-order valence-corrected chi connectivity index (χ2v) is 5.88. The summed E-state index contributed by atoms with van der Waals surface area (Å²) in [5.41, 5.74) is -0.245. The van der Waals surface area contributed by atoms with E-state index in [0.29, 0.717) is 23.3 Å². The third kappa shape index (κ3) is 4.10. The van der Waals surface area contributed by atoms with Gasteiger partial charge in [-0.1, -0.05) is 6.07 Å². The monoisotopic (exact) mass is 386 g/mol. The summed E-state index contributed by atoms with van der Waals surface area (Å²) in [4.78, 5) is 11.0. The number of carboxylic acid groups (broad SMARTS) is 1. The molecule has 0 spiro atoms. The normalized spacial score (nSPS) is 12.6. The highest BCUT2D eigenvalue weighted by molar-refractivity contribution is 5.95. The van der Waals surface area contributed by atoms with Gasteiger partial charge in [-0.2, -0.15) is 8.78 Å². The average Bonchev–Trinajstić information content (AvgIpc) is 2.59. The van der Waals surface area contributed by atoms with E-state index in [1.54, 1.807) is 6.92 Å². The molecule has 0 saturated heterocycles. The molecular weight excluding hydrogens is 371 g/mol. The van der Waals surface area contributed by atoms with Crippen LogP contribution in [0.3, 0.4) is 0 Å². The molecule has 0 aliphatic carbocycles. The Morgan fingerprint density at radius 2 is 1.67 bits per heavy atom. The summed E-state index contributed by atoms with van der Waals surface area (Å²) in [7, 11) is 0. The SMILES string of the molecule is C/C(C(=O)O)=C(\C)c1ccc(OC(F)(F)c2ccc(F)c(F)c2F)c(C)c1. The van der Waals surface area contributed by atoms with E-state index in [9.17, 15) is 26.7 Å². The number of hydrogen-bond acceptors (Lipinski definition) is 2. The van der Waals surface area contributed by atoms with E-state index >= 15 is 0 Å². The van der Waals surface area contributed by atoms with Gasteiger partial charge in [0.15, 0.2) is 17.5 Å². The number of carboxylic acids is 1. The summed E-state index contributed by atoms with van der Waals surface area (Å²) in [6, 6.07) is 4.73. The first-order chi connectivity index (χ1) is 12.5. The number of alkyl halides is 2. The molecule has 27 heavy (non-hydrogen) atoms. The topological polar surface area (TPSA) is 46.5 Å². The molecule has 3 nitrogen and oxygen atoms in total. The molecule has 0 unspecified atom stereocenters. The fourth-order valence-corrected chi connectivity index (χ4v) is 2.32. The summed E-state index contributed by atoms with van der Waals surface area (Å²) < 4.78 is 72.9. The molecule has 0 heterocycles. The largest absolute Gasteiger partial charge is 0.478 e. The Bertz CT molecular complexity index is 935. The number of ether oxygens (including phenoxy) is 1. The molecule has 2 aromatic rings. The summed E-state index contributed by atoms with van der Waals surface area (Å²) in [5.74, 6) is -7.10. The minimum Gasteiger partial charge on any atom is -0.478 e. The number of aliphatic carboxylic acids is 1. The van der Waals surface area contributed by atoms with Crippen LogP contribution in [0.25, 0.3) is 5.57 Å². The first-order valence-corrected chi connectivity index (χ1v) is 7.68. The van der Waals surface area contributed by atoms with Crippen LogP contribution in [0.1, 0.15) is 30.5 Å². The Morgan fingerprint density at radius 1 is 1.04 bits per heavy atom. The fourth-order valence-electron chi connectivity index (χ4n) is 2.32. The van der Waals surface area contributed by atoms with Crippen LogP contribution < -0.4 is 4.74 Å². The molecule has 0 fully saturated rings. The molecule has 144 valence electrons. The molecule has 0 aromatic heterocycles. The Hall–Kier alpha value is -2.90. The van der Waals surface area contributed by atoms with E-state index in [1.165, 1.54) is 26.0 Å². The number of hydrogen-bond donors (Lipinski definition) is 1. The van der Waals surface area contributed by atoms with E-state index in [-0.39, 0.29) is 16.9 Å². The van der Waals surface area contributed by atoms with Crippen molar-refractivity contribution in [1.29, 1.82) is 0 Å². The quantitative estimate of drug-likeness (QED) is 0.424. The number of aryl methyl sites for hydroxylation is 1. The van der Waals surface area contributed by atoms with Gasteiger partial charge in [0.2, 0.25) is 0 Å². The lowest BCUT2D eigenvalue weighted by atomic mass is 10.0. The van der Waals surface area contributed by atoms with Crippen LogP contribution in [-0.2, 0) is 10.9 Å². The van der Waals surface area contributed by atoms with Gasteiger partial charge < -0.3 is 9.84 Å². The zero-order valence-electron chi connectivity index (χ0n) is 14.5. The number of carbonyl (C=O) groups is 1. The third-order valence-electron chi connectivity index (χ3n) is 4.08. The van der Waals surface area contributed by atoms with Crippen molar-refractivity contribution >= 4 is 11.5 Å². The van der Waals surface area contributed by atoms with Crippen LogP contribution in [0, 0.1) is 24.4 Å². The van der Waals surface area contributed by atoms with Crippen molar-refractivity contribution in [3.05, 3.63) is 70.0 Å². The third-order valence-corrected chi connectivity index (χ3v) is 4.08. The van der Waals surface area contributed by atoms with Crippen molar-refractivity contribution in [2.75, 3.05) is 0 Å². The van der Waals surface area contributed by atoms with Gasteiger partial charge in [0, 0.05) is 5.57 Å². The van der Waals surface area contributed by atoms with Gasteiger partial charge in [0.05, 0.1) is 0 Å². The number of rotatable bonds is 5.